The van der Waals surface area contributed by atoms with Crippen LogP contribution < -0.4 is 5.32 Å². The molecule has 1 aromatic heterocycles. The predicted molar refractivity (Wildman–Crippen MR) is 108 cm³/mol. The topological polar surface area (TPSA) is 55.1 Å². The van der Waals surface area contributed by atoms with Crippen molar-refractivity contribution in [2.24, 2.45) is 0 Å². The Hall–Kier alpha value is -1.41. The number of anilines is 1. The minimum absolute atomic E-state index is 0.0280. The van der Waals surface area contributed by atoms with Crippen LogP contribution in [0, 0.1) is 3.57 Å². The average molecular weight is 499 g/mol. The van der Waals surface area contributed by atoms with E-state index in [2.05, 4.69) is 55.7 Å². The van der Waals surface area contributed by atoms with E-state index < -0.39 is 0 Å². The third kappa shape index (κ3) is 3.97. The van der Waals surface area contributed by atoms with Gasteiger partial charge >= 0.3 is 0 Å². The Labute approximate surface area is 162 Å². The zero-order valence-electron chi connectivity index (χ0n) is 13.1. The molecule has 124 valence electrons. The molecule has 0 radical (unpaired) electrons. The molecule has 3 rings (SSSR count). The maximum atomic E-state index is 11.9. The maximum absolute atomic E-state index is 11.9. The number of carbonyl (C=O) groups is 1. The van der Waals surface area contributed by atoms with Crippen molar-refractivity contribution < 1.29 is 9.21 Å². The highest BCUT2D eigenvalue weighted by molar-refractivity contribution is 14.1. The average Bonchev–Trinajstić information content (AvgIpc) is 2.98. The van der Waals surface area contributed by atoms with E-state index >= 15 is 0 Å². The highest BCUT2D eigenvalue weighted by atomic mass is 127. The SMILES string of the molecule is CCCCC(=O)Nc1ccc2oc(-c3cc(I)ccc3Br)nc2c1. The van der Waals surface area contributed by atoms with E-state index in [1.54, 1.807) is 0 Å². The number of unbranched alkanes of at least 4 members (excludes halogenated alkanes) is 1. The van der Waals surface area contributed by atoms with Crippen molar-refractivity contribution in [1.82, 2.24) is 4.98 Å². The van der Waals surface area contributed by atoms with Gasteiger partial charge in [0.2, 0.25) is 11.8 Å². The summed E-state index contributed by atoms with van der Waals surface area (Å²) in [6.45, 7) is 2.07. The molecule has 0 bridgehead atoms. The van der Waals surface area contributed by atoms with Gasteiger partial charge in [-0.2, -0.15) is 0 Å². The number of nitrogens with one attached hydrogen (secondary N) is 1. The van der Waals surface area contributed by atoms with E-state index in [-0.39, 0.29) is 5.91 Å². The molecule has 0 aliphatic rings. The van der Waals surface area contributed by atoms with Crippen LogP contribution in [0.25, 0.3) is 22.6 Å². The lowest BCUT2D eigenvalue weighted by atomic mass is 10.2. The quantitative estimate of drug-likeness (QED) is 0.439. The summed E-state index contributed by atoms with van der Waals surface area (Å²) in [5.74, 6) is 0.588. The predicted octanol–water partition coefficient (Wildman–Crippen LogP) is 5.99. The van der Waals surface area contributed by atoms with Gasteiger partial charge in [0.25, 0.3) is 0 Å². The highest BCUT2D eigenvalue weighted by Crippen LogP contribution is 2.32. The number of hydrogen-bond donors (Lipinski definition) is 1. The maximum Gasteiger partial charge on any atom is 0.228 e. The largest absolute Gasteiger partial charge is 0.436 e. The van der Waals surface area contributed by atoms with Crippen molar-refractivity contribution in [1.29, 1.82) is 0 Å². The minimum atomic E-state index is 0.0280. The Balaban J connectivity index is 1.89. The third-order valence-corrected chi connectivity index (χ3v) is 4.95. The number of hydrogen-bond acceptors (Lipinski definition) is 3. The van der Waals surface area contributed by atoms with Gasteiger partial charge in [-0.3, -0.25) is 4.79 Å². The van der Waals surface area contributed by atoms with Crippen molar-refractivity contribution in [3.63, 3.8) is 0 Å². The summed E-state index contributed by atoms with van der Waals surface area (Å²) in [6, 6.07) is 11.5. The van der Waals surface area contributed by atoms with Crippen molar-refractivity contribution in [3.8, 4) is 11.5 Å². The number of halogens is 2. The summed E-state index contributed by atoms with van der Waals surface area (Å²) in [5, 5.41) is 2.91. The van der Waals surface area contributed by atoms with E-state index in [1.165, 1.54) is 0 Å². The third-order valence-electron chi connectivity index (χ3n) is 3.59. The summed E-state index contributed by atoms with van der Waals surface area (Å²) in [6.07, 6.45) is 2.43. The van der Waals surface area contributed by atoms with Gasteiger partial charge in [-0.1, -0.05) is 13.3 Å². The first-order valence-electron chi connectivity index (χ1n) is 7.72. The highest BCUT2D eigenvalue weighted by Gasteiger charge is 2.13. The molecule has 0 atom stereocenters. The van der Waals surface area contributed by atoms with Crippen LogP contribution in [-0.4, -0.2) is 10.9 Å². The van der Waals surface area contributed by atoms with E-state index in [0.717, 1.165) is 37.7 Å². The number of amides is 1. The number of oxazole rings is 1. The van der Waals surface area contributed by atoms with Gasteiger partial charge in [0.15, 0.2) is 5.58 Å². The second-order valence-corrected chi connectivity index (χ2v) is 7.58. The Morgan fingerprint density at radius 1 is 1.29 bits per heavy atom. The fraction of sp³-hybridized carbons (Fsp3) is 0.222. The van der Waals surface area contributed by atoms with Crippen LogP contribution in [-0.2, 0) is 4.79 Å². The van der Waals surface area contributed by atoms with Gasteiger partial charge in [-0.15, -0.1) is 0 Å². The van der Waals surface area contributed by atoms with E-state index in [1.807, 2.05) is 36.4 Å². The number of carbonyl (C=O) groups excluding carboxylic acids is 1. The molecule has 6 heteroatoms. The molecule has 0 spiro atoms. The molecule has 0 saturated carbocycles. The normalized spacial score (nSPS) is 11.0. The Morgan fingerprint density at radius 3 is 2.92 bits per heavy atom. The Kier molecular flexibility index (Phi) is 5.55. The molecule has 1 N–H and O–H groups in total. The molecule has 3 aromatic rings. The lowest BCUT2D eigenvalue weighted by molar-refractivity contribution is -0.116. The van der Waals surface area contributed by atoms with Gasteiger partial charge in [0.1, 0.15) is 5.52 Å². The van der Waals surface area contributed by atoms with Crippen molar-refractivity contribution in [2.45, 2.75) is 26.2 Å². The van der Waals surface area contributed by atoms with Crippen molar-refractivity contribution in [3.05, 3.63) is 44.4 Å². The molecular formula is C18H16BrIN2O2. The molecule has 0 saturated heterocycles. The van der Waals surface area contributed by atoms with Crippen LogP contribution in [0.5, 0.6) is 0 Å². The van der Waals surface area contributed by atoms with Crippen LogP contribution in [0.15, 0.2) is 45.3 Å². The number of aromatic nitrogens is 1. The molecule has 2 aromatic carbocycles. The fourth-order valence-corrected chi connectivity index (χ4v) is 3.25. The molecule has 0 fully saturated rings. The first kappa shape index (κ1) is 17.4. The molecule has 1 amide bonds. The smallest absolute Gasteiger partial charge is 0.228 e. The Bertz CT molecular complexity index is 892. The van der Waals surface area contributed by atoms with Gasteiger partial charge in [0.05, 0.1) is 5.56 Å². The standard InChI is InChI=1S/C18H16BrIN2O2/c1-2-3-4-17(23)21-12-6-8-16-15(10-12)22-18(24-16)13-9-11(20)5-7-14(13)19/h5-10H,2-4H2,1H3,(H,21,23). The Morgan fingerprint density at radius 2 is 2.12 bits per heavy atom. The summed E-state index contributed by atoms with van der Waals surface area (Å²) < 4.78 is 7.90. The lowest BCUT2D eigenvalue weighted by Crippen LogP contribution is -2.10. The number of rotatable bonds is 5. The van der Waals surface area contributed by atoms with Gasteiger partial charge < -0.3 is 9.73 Å². The summed E-state index contributed by atoms with van der Waals surface area (Å²) in [5.41, 5.74) is 3.07. The number of benzene rings is 2. The van der Waals surface area contributed by atoms with Gasteiger partial charge in [-0.25, -0.2) is 4.98 Å². The van der Waals surface area contributed by atoms with Crippen LogP contribution >= 0.6 is 38.5 Å². The van der Waals surface area contributed by atoms with Gasteiger partial charge in [0, 0.05) is 20.2 Å². The zero-order valence-corrected chi connectivity index (χ0v) is 16.8. The van der Waals surface area contributed by atoms with Crippen molar-refractivity contribution in [2.75, 3.05) is 5.32 Å². The molecule has 0 unspecified atom stereocenters. The van der Waals surface area contributed by atoms with Crippen molar-refractivity contribution >= 4 is 61.2 Å². The van der Waals surface area contributed by atoms with E-state index in [4.69, 9.17) is 4.42 Å². The molecule has 0 aliphatic heterocycles. The second kappa shape index (κ2) is 7.65. The van der Waals surface area contributed by atoms with Crippen LogP contribution in [0.2, 0.25) is 0 Å². The fourth-order valence-electron chi connectivity index (χ4n) is 2.34. The summed E-state index contributed by atoms with van der Waals surface area (Å²) >= 11 is 5.79. The monoisotopic (exact) mass is 498 g/mol. The number of fused-ring (bicyclic) bond motifs is 1. The first-order chi connectivity index (χ1) is 11.6. The van der Waals surface area contributed by atoms with E-state index in [9.17, 15) is 4.79 Å². The molecule has 4 nitrogen and oxygen atoms in total. The molecule has 0 aliphatic carbocycles. The first-order valence-corrected chi connectivity index (χ1v) is 9.60. The lowest BCUT2D eigenvalue weighted by Gasteiger charge is -2.03. The van der Waals surface area contributed by atoms with Crippen LogP contribution in [0.4, 0.5) is 5.69 Å². The van der Waals surface area contributed by atoms with Gasteiger partial charge in [-0.05, 0) is 81.3 Å². The minimum Gasteiger partial charge on any atom is -0.436 e. The molecule has 24 heavy (non-hydrogen) atoms. The second-order valence-electron chi connectivity index (χ2n) is 5.48. The molecular weight excluding hydrogens is 483 g/mol. The van der Waals surface area contributed by atoms with E-state index in [0.29, 0.717) is 17.9 Å². The summed E-state index contributed by atoms with van der Waals surface area (Å²) in [7, 11) is 0. The zero-order chi connectivity index (χ0) is 17.1. The number of nitrogens with zero attached hydrogens (tertiary/aromatic N) is 1. The van der Waals surface area contributed by atoms with Crippen LogP contribution in [0.1, 0.15) is 26.2 Å². The molecule has 1 heterocycles. The van der Waals surface area contributed by atoms with Crippen LogP contribution in [0.3, 0.4) is 0 Å². The summed E-state index contributed by atoms with van der Waals surface area (Å²) in [4.78, 5) is 16.4.